The Balaban J connectivity index is 0.00000225. The quantitative estimate of drug-likeness (QED) is 0.750. The number of hydrogen-bond acceptors (Lipinski definition) is 4. The molecule has 3 fully saturated rings. The van der Waals surface area contributed by atoms with Gasteiger partial charge in [0.1, 0.15) is 5.82 Å². The summed E-state index contributed by atoms with van der Waals surface area (Å²) in [5.41, 5.74) is 0.364. The molecule has 1 aromatic heterocycles. The number of nitrogens with zero attached hydrogens (tertiary/aromatic N) is 3. The summed E-state index contributed by atoms with van der Waals surface area (Å²) in [6, 6.07) is 0.406. The zero-order valence-corrected chi connectivity index (χ0v) is 17.9. The number of aromatic nitrogens is 2. The van der Waals surface area contributed by atoms with Gasteiger partial charge in [-0.15, -0.1) is 12.4 Å². The molecule has 28 heavy (non-hydrogen) atoms. The van der Waals surface area contributed by atoms with Crippen LogP contribution in [0.15, 0.2) is 12.4 Å². The van der Waals surface area contributed by atoms with Gasteiger partial charge in [-0.25, -0.2) is 4.98 Å². The summed E-state index contributed by atoms with van der Waals surface area (Å²) in [7, 11) is 0. The molecule has 0 radical (unpaired) electrons. The molecule has 6 nitrogen and oxygen atoms in total. The van der Waals surface area contributed by atoms with E-state index in [0.717, 1.165) is 57.9 Å². The minimum Gasteiger partial charge on any atom is -0.381 e. The van der Waals surface area contributed by atoms with Crippen molar-refractivity contribution in [2.24, 2.45) is 11.3 Å². The highest BCUT2D eigenvalue weighted by atomic mass is 35.5. The number of rotatable bonds is 7. The van der Waals surface area contributed by atoms with Gasteiger partial charge in [-0.3, -0.25) is 4.79 Å². The predicted octanol–water partition coefficient (Wildman–Crippen LogP) is 3.00. The summed E-state index contributed by atoms with van der Waals surface area (Å²) in [6.07, 6.45) is 11.3. The number of carbonyl (C=O) groups excluding carboxylic acids is 1. The molecule has 1 aliphatic carbocycles. The smallest absolute Gasteiger partial charge is 0.223 e. The molecule has 3 aliphatic rings. The average molecular weight is 411 g/mol. The predicted molar refractivity (Wildman–Crippen MR) is 111 cm³/mol. The fourth-order valence-electron chi connectivity index (χ4n) is 5.04. The van der Waals surface area contributed by atoms with Crippen LogP contribution in [-0.2, 0) is 22.6 Å². The van der Waals surface area contributed by atoms with E-state index in [-0.39, 0.29) is 12.4 Å². The van der Waals surface area contributed by atoms with Gasteiger partial charge >= 0.3 is 0 Å². The zero-order valence-electron chi connectivity index (χ0n) is 17.1. The van der Waals surface area contributed by atoms with Crippen LogP contribution >= 0.6 is 12.4 Å². The van der Waals surface area contributed by atoms with Crippen LogP contribution in [0.2, 0.25) is 0 Å². The number of ether oxygens (including phenoxy) is 1. The number of nitrogens with one attached hydrogen (secondary N) is 1. The van der Waals surface area contributed by atoms with Crippen LogP contribution in [0, 0.1) is 11.3 Å². The lowest BCUT2D eigenvalue weighted by Crippen LogP contribution is -2.39. The summed E-state index contributed by atoms with van der Waals surface area (Å²) in [4.78, 5) is 20.0. The van der Waals surface area contributed by atoms with Crippen LogP contribution in [-0.4, -0.2) is 52.7 Å². The summed E-state index contributed by atoms with van der Waals surface area (Å²) in [6.45, 7) is 7.58. The number of amides is 1. The maximum Gasteiger partial charge on any atom is 0.223 e. The van der Waals surface area contributed by atoms with Crippen molar-refractivity contribution < 1.29 is 9.53 Å². The second-order valence-corrected chi connectivity index (χ2v) is 8.58. The molecule has 1 atom stereocenters. The van der Waals surface area contributed by atoms with Crippen molar-refractivity contribution in [3.63, 3.8) is 0 Å². The van der Waals surface area contributed by atoms with Crippen LogP contribution < -0.4 is 5.32 Å². The fourth-order valence-corrected chi connectivity index (χ4v) is 5.04. The third kappa shape index (κ3) is 4.71. The molecule has 1 N–H and O–H groups in total. The summed E-state index contributed by atoms with van der Waals surface area (Å²) >= 11 is 0. The van der Waals surface area contributed by atoms with Crippen molar-refractivity contribution in [3.8, 4) is 0 Å². The number of piperidine rings is 1. The molecule has 158 valence electrons. The molecule has 1 amide bonds. The topological polar surface area (TPSA) is 59.4 Å². The van der Waals surface area contributed by atoms with Gasteiger partial charge in [0.25, 0.3) is 0 Å². The molecule has 4 rings (SSSR count). The molecule has 3 heterocycles. The Morgan fingerprint density at radius 3 is 2.82 bits per heavy atom. The fraction of sp³-hybridized carbons (Fsp3) is 0.810. The van der Waals surface area contributed by atoms with E-state index in [0.29, 0.717) is 36.2 Å². The molecule has 0 bridgehead atoms. The van der Waals surface area contributed by atoms with Gasteiger partial charge in [0, 0.05) is 44.6 Å². The monoisotopic (exact) mass is 410 g/mol. The molecule has 1 unspecified atom stereocenters. The van der Waals surface area contributed by atoms with Crippen LogP contribution in [0.3, 0.4) is 0 Å². The summed E-state index contributed by atoms with van der Waals surface area (Å²) < 4.78 is 7.62. The van der Waals surface area contributed by atoms with Crippen molar-refractivity contribution in [3.05, 3.63) is 18.2 Å². The Hall–Kier alpha value is -1.11. The van der Waals surface area contributed by atoms with E-state index in [4.69, 9.17) is 4.74 Å². The highest BCUT2D eigenvalue weighted by Crippen LogP contribution is 2.56. The third-order valence-corrected chi connectivity index (χ3v) is 7.00. The van der Waals surface area contributed by atoms with E-state index in [1.807, 2.05) is 12.4 Å². The van der Waals surface area contributed by atoms with Gasteiger partial charge in [0.15, 0.2) is 0 Å². The molecule has 0 aromatic carbocycles. The van der Waals surface area contributed by atoms with Gasteiger partial charge in [-0.05, 0) is 69.9 Å². The lowest BCUT2D eigenvalue weighted by molar-refractivity contribution is -0.133. The normalized spacial score (nSPS) is 24.0. The maximum atomic E-state index is 13.3. The Labute approximate surface area is 174 Å². The van der Waals surface area contributed by atoms with Crippen molar-refractivity contribution in [2.45, 2.75) is 71.0 Å². The Bertz CT molecular complexity index is 638. The third-order valence-electron chi connectivity index (χ3n) is 7.00. The number of imidazole rings is 1. The first-order chi connectivity index (χ1) is 13.2. The largest absolute Gasteiger partial charge is 0.381 e. The zero-order chi connectivity index (χ0) is 18.7. The number of hydrogen-bond donors (Lipinski definition) is 1. The van der Waals surface area contributed by atoms with Gasteiger partial charge < -0.3 is 19.5 Å². The van der Waals surface area contributed by atoms with E-state index in [1.54, 1.807) is 0 Å². The van der Waals surface area contributed by atoms with Gasteiger partial charge in [0.05, 0.1) is 6.54 Å². The molecule has 2 saturated heterocycles. The highest BCUT2D eigenvalue weighted by molar-refractivity contribution is 5.85. The molecular formula is C21H35ClN4O2. The van der Waals surface area contributed by atoms with E-state index in [9.17, 15) is 4.79 Å². The number of halogens is 1. The average Bonchev–Trinajstić information content (AvgIpc) is 3.18. The van der Waals surface area contributed by atoms with Crippen LogP contribution in [0.25, 0.3) is 0 Å². The first-order valence-electron chi connectivity index (χ1n) is 10.8. The van der Waals surface area contributed by atoms with Gasteiger partial charge in [-0.2, -0.15) is 0 Å². The van der Waals surface area contributed by atoms with Crippen molar-refractivity contribution in [1.29, 1.82) is 0 Å². The minimum absolute atomic E-state index is 0. The molecule has 1 spiro atoms. The van der Waals surface area contributed by atoms with Crippen LogP contribution in [0.5, 0.6) is 0 Å². The number of aryl methyl sites for hydroxylation is 1. The Kier molecular flexibility index (Phi) is 7.40. The molecular weight excluding hydrogens is 376 g/mol. The van der Waals surface area contributed by atoms with E-state index in [1.165, 1.54) is 19.3 Å². The maximum absolute atomic E-state index is 13.3. The first kappa shape index (κ1) is 21.6. The summed E-state index contributed by atoms with van der Waals surface area (Å²) in [5.74, 6) is 2.00. The second kappa shape index (κ2) is 9.59. The highest BCUT2D eigenvalue weighted by Gasteiger charge is 2.57. The molecule has 7 heteroatoms. The van der Waals surface area contributed by atoms with Gasteiger partial charge in [0.2, 0.25) is 5.91 Å². The summed E-state index contributed by atoms with van der Waals surface area (Å²) in [5, 5.41) is 3.47. The van der Waals surface area contributed by atoms with Gasteiger partial charge in [-0.1, -0.05) is 0 Å². The first-order valence-corrected chi connectivity index (χ1v) is 10.8. The molecule has 1 aromatic rings. The lowest BCUT2D eigenvalue weighted by Gasteiger charge is -2.30. The standard InChI is InChI=1S/C21H34N4O2.ClH/c1-2-24-12-11-23-19(24)16-25(18-15-21(18)7-9-22-10-8-21)20(26)4-3-17-5-13-27-14-6-17;/h11-12,17-18,22H,2-10,13-16H2,1H3;1H. The van der Waals surface area contributed by atoms with E-state index in [2.05, 4.69) is 26.7 Å². The van der Waals surface area contributed by atoms with Crippen molar-refractivity contribution in [2.75, 3.05) is 26.3 Å². The Morgan fingerprint density at radius 2 is 2.11 bits per heavy atom. The molecule has 2 aliphatic heterocycles. The van der Waals surface area contributed by atoms with Crippen molar-refractivity contribution in [1.82, 2.24) is 19.8 Å². The van der Waals surface area contributed by atoms with Crippen LogP contribution in [0.4, 0.5) is 0 Å². The SMILES string of the molecule is CCn1ccnc1CN(C(=O)CCC1CCOCC1)C1CC12CCNCC2.Cl. The van der Waals surface area contributed by atoms with E-state index >= 15 is 0 Å². The molecule has 1 saturated carbocycles. The van der Waals surface area contributed by atoms with Crippen LogP contribution in [0.1, 0.15) is 57.7 Å². The lowest BCUT2D eigenvalue weighted by atomic mass is 9.93. The van der Waals surface area contributed by atoms with E-state index < -0.39 is 0 Å². The minimum atomic E-state index is 0. The number of carbonyl (C=O) groups is 1. The second-order valence-electron chi connectivity index (χ2n) is 8.58. The Morgan fingerprint density at radius 1 is 1.36 bits per heavy atom. The van der Waals surface area contributed by atoms with Crippen molar-refractivity contribution >= 4 is 18.3 Å².